The van der Waals surface area contributed by atoms with Crippen molar-refractivity contribution in [3.05, 3.63) is 58.1 Å². The van der Waals surface area contributed by atoms with E-state index in [9.17, 15) is 9.59 Å². The topological polar surface area (TPSA) is 68.3 Å². The second-order valence-electron chi connectivity index (χ2n) is 5.23. The zero-order chi connectivity index (χ0) is 17.6. The number of aryl methyl sites for hydroxylation is 1. The molecule has 5 nitrogen and oxygen atoms in total. The van der Waals surface area contributed by atoms with Gasteiger partial charge >= 0.3 is 5.97 Å². The summed E-state index contributed by atoms with van der Waals surface area (Å²) in [6.45, 7) is 3.73. The molecule has 1 aromatic carbocycles. The first-order valence-electron chi connectivity index (χ1n) is 7.58. The average molecular weight is 344 g/mol. The van der Waals surface area contributed by atoms with E-state index < -0.39 is 11.5 Å². The zero-order valence-corrected chi connectivity index (χ0v) is 14.7. The summed E-state index contributed by atoms with van der Waals surface area (Å²) in [5.74, 6) is -0.876. The van der Waals surface area contributed by atoms with Gasteiger partial charge < -0.3 is 10.1 Å². The lowest BCUT2D eigenvalue weighted by molar-refractivity contribution is -0.151. The molecule has 0 saturated carbocycles. The normalized spacial score (nSPS) is 13.5. The third-order valence-corrected chi connectivity index (χ3v) is 4.50. The van der Waals surface area contributed by atoms with Crippen molar-refractivity contribution in [2.45, 2.75) is 25.8 Å². The predicted molar refractivity (Wildman–Crippen MR) is 94.5 cm³/mol. The third-order valence-electron chi connectivity index (χ3n) is 3.71. The summed E-state index contributed by atoms with van der Waals surface area (Å²) in [5, 5.41) is 5.59. The van der Waals surface area contributed by atoms with Crippen LogP contribution in [0.25, 0.3) is 6.08 Å². The van der Waals surface area contributed by atoms with Crippen LogP contribution in [-0.4, -0.2) is 24.0 Å². The highest BCUT2D eigenvalue weighted by molar-refractivity contribution is 7.09. The Morgan fingerprint density at radius 1 is 1.33 bits per heavy atom. The first kappa shape index (κ1) is 17.9. The lowest BCUT2D eigenvalue weighted by Gasteiger charge is -2.31. The second kappa shape index (κ2) is 7.88. The van der Waals surface area contributed by atoms with Crippen molar-refractivity contribution in [3.8, 4) is 0 Å². The molecule has 1 unspecified atom stereocenters. The number of aromatic nitrogens is 1. The fourth-order valence-corrected chi connectivity index (χ4v) is 3.03. The van der Waals surface area contributed by atoms with Gasteiger partial charge in [-0.25, -0.2) is 9.78 Å². The van der Waals surface area contributed by atoms with Crippen LogP contribution in [-0.2, 0) is 19.9 Å². The van der Waals surface area contributed by atoms with Gasteiger partial charge in [-0.3, -0.25) is 4.79 Å². The molecule has 0 saturated heterocycles. The highest BCUT2D eigenvalue weighted by Crippen LogP contribution is 2.26. The Morgan fingerprint density at radius 3 is 2.58 bits per heavy atom. The molecule has 0 bridgehead atoms. The van der Waals surface area contributed by atoms with Gasteiger partial charge in [0.25, 0.3) is 0 Å². The number of esters is 1. The van der Waals surface area contributed by atoms with Gasteiger partial charge in [0.2, 0.25) is 5.91 Å². The van der Waals surface area contributed by atoms with E-state index in [1.54, 1.807) is 18.2 Å². The summed E-state index contributed by atoms with van der Waals surface area (Å²) in [7, 11) is 1.32. The van der Waals surface area contributed by atoms with Gasteiger partial charge in [-0.1, -0.05) is 37.3 Å². The molecule has 0 spiro atoms. The van der Waals surface area contributed by atoms with E-state index in [0.717, 1.165) is 5.01 Å². The van der Waals surface area contributed by atoms with Crippen LogP contribution < -0.4 is 5.32 Å². The highest BCUT2D eigenvalue weighted by Gasteiger charge is 2.40. The number of amides is 1. The second-order valence-corrected chi connectivity index (χ2v) is 6.29. The van der Waals surface area contributed by atoms with Crippen molar-refractivity contribution in [1.29, 1.82) is 0 Å². The summed E-state index contributed by atoms with van der Waals surface area (Å²) in [4.78, 5) is 29.0. The van der Waals surface area contributed by atoms with Crippen LogP contribution in [0.2, 0.25) is 0 Å². The zero-order valence-electron chi connectivity index (χ0n) is 13.9. The van der Waals surface area contributed by atoms with Crippen molar-refractivity contribution in [2.24, 2.45) is 0 Å². The van der Waals surface area contributed by atoms with E-state index in [0.29, 0.717) is 17.7 Å². The molecule has 2 aromatic rings. The number of carbonyl (C=O) groups excluding carboxylic acids is 2. The van der Waals surface area contributed by atoms with Gasteiger partial charge in [-0.15, -0.1) is 11.3 Å². The maximum absolute atomic E-state index is 12.4. The van der Waals surface area contributed by atoms with E-state index in [1.165, 1.54) is 24.5 Å². The molecular formula is C18H20N2O3S. The molecule has 0 aliphatic heterocycles. The Kier molecular flexibility index (Phi) is 5.87. The standard InChI is InChI=1S/C18H20N2O3S/c1-4-18(17(22)23-3,14-8-6-5-7-9-14)20-16(21)11-10-15-12-24-13(2)19-15/h5-12H,4H2,1-3H3,(H,20,21). The number of ether oxygens (including phenoxy) is 1. The molecule has 1 amide bonds. The maximum atomic E-state index is 12.4. The molecular weight excluding hydrogens is 324 g/mol. The van der Waals surface area contributed by atoms with E-state index in [1.807, 2.05) is 37.4 Å². The minimum atomic E-state index is -1.21. The summed E-state index contributed by atoms with van der Waals surface area (Å²) in [5.41, 5.74) is 0.188. The van der Waals surface area contributed by atoms with Crippen molar-refractivity contribution in [2.75, 3.05) is 7.11 Å². The third kappa shape index (κ3) is 3.89. The Hall–Kier alpha value is -2.47. The first-order chi connectivity index (χ1) is 11.5. The molecule has 0 radical (unpaired) electrons. The average Bonchev–Trinajstić information content (AvgIpc) is 3.03. The van der Waals surface area contributed by atoms with Crippen LogP contribution in [0, 0.1) is 6.92 Å². The fourth-order valence-electron chi connectivity index (χ4n) is 2.44. The SMILES string of the molecule is CCC(NC(=O)C=Cc1csc(C)n1)(C(=O)OC)c1ccccc1. The van der Waals surface area contributed by atoms with E-state index in [4.69, 9.17) is 4.74 Å². The summed E-state index contributed by atoms with van der Waals surface area (Å²) >= 11 is 1.51. The van der Waals surface area contributed by atoms with Crippen LogP contribution in [0.3, 0.4) is 0 Å². The number of thiazole rings is 1. The number of hydrogen-bond acceptors (Lipinski definition) is 5. The van der Waals surface area contributed by atoms with Gasteiger partial charge in [-0.2, -0.15) is 0 Å². The van der Waals surface area contributed by atoms with Crippen LogP contribution in [0.4, 0.5) is 0 Å². The minimum absolute atomic E-state index is 0.374. The number of rotatable bonds is 6. The fraction of sp³-hybridized carbons (Fsp3) is 0.278. The number of benzene rings is 1. The van der Waals surface area contributed by atoms with E-state index >= 15 is 0 Å². The van der Waals surface area contributed by atoms with E-state index in [2.05, 4.69) is 10.3 Å². The maximum Gasteiger partial charge on any atom is 0.336 e. The quantitative estimate of drug-likeness (QED) is 0.646. The molecule has 1 N–H and O–H groups in total. The smallest absolute Gasteiger partial charge is 0.336 e. The number of carbonyl (C=O) groups is 2. The number of nitrogens with zero attached hydrogens (tertiary/aromatic N) is 1. The Morgan fingerprint density at radius 2 is 2.04 bits per heavy atom. The first-order valence-corrected chi connectivity index (χ1v) is 8.46. The minimum Gasteiger partial charge on any atom is -0.467 e. The molecule has 1 heterocycles. The number of hydrogen-bond donors (Lipinski definition) is 1. The van der Waals surface area contributed by atoms with Gasteiger partial charge in [0.1, 0.15) is 0 Å². The molecule has 6 heteroatoms. The molecule has 2 rings (SSSR count). The largest absolute Gasteiger partial charge is 0.467 e. The van der Waals surface area contributed by atoms with Crippen LogP contribution >= 0.6 is 11.3 Å². The van der Waals surface area contributed by atoms with Gasteiger partial charge in [0.15, 0.2) is 5.54 Å². The molecule has 0 aliphatic carbocycles. The van der Waals surface area contributed by atoms with Gasteiger partial charge in [0.05, 0.1) is 17.8 Å². The Bertz CT molecular complexity index is 740. The van der Waals surface area contributed by atoms with Crippen molar-refractivity contribution >= 4 is 29.3 Å². The number of methoxy groups -OCH3 is 1. The molecule has 24 heavy (non-hydrogen) atoms. The predicted octanol–water partition coefficient (Wildman–Crippen LogP) is 3.06. The molecule has 0 fully saturated rings. The van der Waals surface area contributed by atoms with E-state index in [-0.39, 0.29) is 5.91 Å². The molecule has 1 atom stereocenters. The van der Waals surface area contributed by atoms with Crippen molar-refractivity contribution < 1.29 is 14.3 Å². The highest BCUT2D eigenvalue weighted by atomic mass is 32.1. The lowest BCUT2D eigenvalue weighted by atomic mass is 9.87. The van der Waals surface area contributed by atoms with Crippen LogP contribution in [0.1, 0.15) is 29.6 Å². The monoisotopic (exact) mass is 344 g/mol. The van der Waals surface area contributed by atoms with Gasteiger partial charge in [0, 0.05) is 11.5 Å². The van der Waals surface area contributed by atoms with Crippen LogP contribution in [0.5, 0.6) is 0 Å². The summed E-state index contributed by atoms with van der Waals surface area (Å²) in [6.07, 6.45) is 3.38. The summed E-state index contributed by atoms with van der Waals surface area (Å²) in [6, 6.07) is 9.10. The van der Waals surface area contributed by atoms with Crippen molar-refractivity contribution in [3.63, 3.8) is 0 Å². The molecule has 126 valence electrons. The lowest BCUT2D eigenvalue weighted by Crippen LogP contribution is -2.51. The number of nitrogens with one attached hydrogen (secondary N) is 1. The van der Waals surface area contributed by atoms with Gasteiger partial charge in [-0.05, 0) is 25.0 Å². The Labute approximate surface area is 145 Å². The Balaban J connectivity index is 2.26. The molecule has 1 aromatic heterocycles. The molecule has 0 aliphatic rings. The van der Waals surface area contributed by atoms with Crippen molar-refractivity contribution in [1.82, 2.24) is 10.3 Å². The summed E-state index contributed by atoms with van der Waals surface area (Å²) < 4.78 is 4.94. The van der Waals surface area contributed by atoms with Crippen LogP contribution in [0.15, 0.2) is 41.8 Å².